The summed E-state index contributed by atoms with van der Waals surface area (Å²) in [6.07, 6.45) is 3.18. The van der Waals surface area contributed by atoms with Gasteiger partial charge in [0, 0.05) is 19.5 Å². The van der Waals surface area contributed by atoms with Gasteiger partial charge >= 0.3 is 5.69 Å². The van der Waals surface area contributed by atoms with Crippen LogP contribution in [0.1, 0.15) is 12.6 Å². The number of imidazole rings is 1. The molecule has 1 atom stereocenters. The lowest BCUT2D eigenvalue weighted by molar-refractivity contribution is 0.0406. The van der Waals surface area contributed by atoms with Crippen molar-refractivity contribution < 1.29 is 4.74 Å². The number of hydrogen-bond donors (Lipinski definition) is 0. The Labute approximate surface area is 188 Å². The van der Waals surface area contributed by atoms with Crippen LogP contribution in [0.4, 0.5) is 0 Å². The fourth-order valence-corrected chi connectivity index (χ4v) is 3.98. The van der Waals surface area contributed by atoms with Gasteiger partial charge in [-0.3, -0.25) is 13.9 Å². The number of aromatic nitrogens is 7. The van der Waals surface area contributed by atoms with Crippen LogP contribution in [-0.2, 0) is 32.0 Å². The van der Waals surface area contributed by atoms with Gasteiger partial charge in [0.15, 0.2) is 11.2 Å². The van der Waals surface area contributed by atoms with Gasteiger partial charge in [-0.1, -0.05) is 41.6 Å². The molecular formula is C23H23N7O3. The van der Waals surface area contributed by atoms with Gasteiger partial charge in [0.2, 0.25) is 0 Å². The first-order valence-corrected chi connectivity index (χ1v) is 10.6. The summed E-state index contributed by atoms with van der Waals surface area (Å²) in [5.74, 6) is 0. The molecule has 1 unspecified atom stereocenters. The van der Waals surface area contributed by atoms with Gasteiger partial charge < -0.3 is 9.30 Å². The maximum atomic E-state index is 12.6. The van der Waals surface area contributed by atoms with Crippen LogP contribution in [-0.4, -0.2) is 39.8 Å². The topological polar surface area (TPSA) is 102 Å². The molecule has 33 heavy (non-hydrogen) atoms. The molecule has 2 aromatic carbocycles. The van der Waals surface area contributed by atoms with Crippen molar-refractivity contribution in [2.45, 2.75) is 26.2 Å². The van der Waals surface area contributed by atoms with Crippen LogP contribution in [0.25, 0.3) is 27.6 Å². The van der Waals surface area contributed by atoms with Gasteiger partial charge in [0.1, 0.15) is 5.69 Å². The van der Waals surface area contributed by atoms with Gasteiger partial charge in [-0.25, -0.2) is 14.5 Å². The van der Waals surface area contributed by atoms with Crippen molar-refractivity contribution in [1.29, 1.82) is 0 Å². The molecule has 0 spiro atoms. The third kappa shape index (κ3) is 3.64. The van der Waals surface area contributed by atoms with Crippen molar-refractivity contribution >= 4 is 21.9 Å². The predicted octanol–water partition coefficient (Wildman–Crippen LogP) is 1.77. The van der Waals surface area contributed by atoms with Crippen LogP contribution < -0.4 is 11.2 Å². The van der Waals surface area contributed by atoms with E-state index in [4.69, 9.17) is 4.74 Å². The highest BCUT2D eigenvalue weighted by Crippen LogP contribution is 2.21. The zero-order valence-electron chi connectivity index (χ0n) is 18.5. The summed E-state index contributed by atoms with van der Waals surface area (Å²) in [6.45, 7) is 2.59. The summed E-state index contributed by atoms with van der Waals surface area (Å²) >= 11 is 0. The van der Waals surface area contributed by atoms with E-state index in [1.807, 2.05) is 37.4 Å². The SMILES string of the molecule is CC(Cn1cnc2c1c(=O)n(C)c(=O)n2C)OCc1cn(-c2cccc3ccccc23)nn1. The number of nitrogens with zero attached hydrogens (tertiary/aromatic N) is 7. The van der Waals surface area contributed by atoms with Crippen molar-refractivity contribution in [3.63, 3.8) is 0 Å². The highest BCUT2D eigenvalue weighted by Gasteiger charge is 2.16. The molecule has 0 bridgehead atoms. The fraction of sp³-hybridized carbons (Fsp3) is 0.261. The van der Waals surface area contributed by atoms with Gasteiger partial charge in [0.25, 0.3) is 5.56 Å². The van der Waals surface area contributed by atoms with E-state index in [9.17, 15) is 9.59 Å². The monoisotopic (exact) mass is 445 g/mol. The van der Waals surface area contributed by atoms with Gasteiger partial charge in [-0.05, 0) is 18.4 Å². The number of benzene rings is 2. The molecule has 0 saturated carbocycles. The van der Waals surface area contributed by atoms with Crippen LogP contribution in [0.3, 0.4) is 0 Å². The molecular weight excluding hydrogens is 422 g/mol. The molecule has 10 heteroatoms. The molecule has 0 aliphatic heterocycles. The maximum Gasteiger partial charge on any atom is 0.332 e. The normalized spacial score (nSPS) is 12.6. The van der Waals surface area contributed by atoms with Gasteiger partial charge in [-0.2, -0.15) is 0 Å². The molecule has 0 N–H and O–H groups in total. The lowest BCUT2D eigenvalue weighted by Crippen LogP contribution is -2.37. The quantitative estimate of drug-likeness (QED) is 0.395. The van der Waals surface area contributed by atoms with Crippen molar-refractivity contribution in [3.05, 3.63) is 81.5 Å². The average molecular weight is 445 g/mol. The molecule has 168 valence electrons. The maximum absolute atomic E-state index is 12.6. The van der Waals surface area contributed by atoms with E-state index in [-0.39, 0.29) is 18.3 Å². The Balaban J connectivity index is 1.32. The lowest BCUT2D eigenvalue weighted by Gasteiger charge is -2.13. The lowest BCUT2D eigenvalue weighted by atomic mass is 10.1. The number of rotatable bonds is 6. The molecule has 0 fully saturated rings. The molecule has 0 saturated heterocycles. The second kappa shape index (κ2) is 8.14. The third-order valence-electron chi connectivity index (χ3n) is 5.74. The largest absolute Gasteiger partial charge is 0.370 e. The van der Waals surface area contributed by atoms with Crippen molar-refractivity contribution in [1.82, 2.24) is 33.7 Å². The van der Waals surface area contributed by atoms with E-state index in [0.29, 0.717) is 23.4 Å². The first-order chi connectivity index (χ1) is 15.9. The Bertz CT molecular complexity index is 1590. The minimum absolute atomic E-state index is 0.230. The molecule has 5 aromatic rings. The first-order valence-electron chi connectivity index (χ1n) is 10.6. The number of aryl methyl sites for hydroxylation is 1. The highest BCUT2D eigenvalue weighted by atomic mass is 16.5. The van der Waals surface area contributed by atoms with Crippen LogP contribution >= 0.6 is 0 Å². The van der Waals surface area contributed by atoms with Crippen molar-refractivity contribution in [2.24, 2.45) is 14.1 Å². The van der Waals surface area contributed by atoms with Crippen molar-refractivity contribution in [2.75, 3.05) is 0 Å². The van der Waals surface area contributed by atoms with E-state index in [1.165, 1.54) is 11.6 Å². The van der Waals surface area contributed by atoms with E-state index in [1.54, 1.807) is 22.6 Å². The number of hydrogen-bond acceptors (Lipinski definition) is 6. The number of ether oxygens (including phenoxy) is 1. The minimum atomic E-state index is -0.406. The zero-order valence-corrected chi connectivity index (χ0v) is 18.5. The van der Waals surface area contributed by atoms with Crippen LogP contribution in [0, 0.1) is 0 Å². The zero-order chi connectivity index (χ0) is 23.1. The molecule has 3 heterocycles. The van der Waals surface area contributed by atoms with E-state index in [2.05, 4.69) is 33.5 Å². The van der Waals surface area contributed by atoms with Crippen LogP contribution in [0.2, 0.25) is 0 Å². The summed E-state index contributed by atoms with van der Waals surface area (Å²) in [5, 5.41) is 10.7. The fourth-order valence-electron chi connectivity index (χ4n) is 3.98. The molecule has 0 amide bonds. The third-order valence-corrected chi connectivity index (χ3v) is 5.74. The predicted molar refractivity (Wildman–Crippen MR) is 123 cm³/mol. The van der Waals surface area contributed by atoms with E-state index < -0.39 is 5.69 Å². The summed E-state index contributed by atoms with van der Waals surface area (Å²) in [4.78, 5) is 29.0. The Kier molecular flexibility index (Phi) is 5.14. The molecule has 0 aliphatic rings. The average Bonchev–Trinajstić information content (AvgIpc) is 3.47. The van der Waals surface area contributed by atoms with E-state index >= 15 is 0 Å². The summed E-state index contributed by atoms with van der Waals surface area (Å²) in [6, 6.07) is 14.2. The smallest absolute Gasteiger partial charge is 0.332 e. The Hall–Kier alpha value is -4.05. The summed E-state index contributed by atoms with van der Waals surface area (Å²) in [5.41, 5.74) is 1.59. The molecule has 0 radical (unpaired) electrons. The molecule has 3 aromatic heterocycles. The van der Waals surface area contributed by atoms with Crippen LogP contribution in [0.15, 0.2) is 64.6 Å². The summed E-state index contributed by atoms with van der Waals surface area (Å²) in [7, 11) is 3.06. The van der Waals surface area contributed by atoms with Gasteiger partial charge in [0.05, 0.1) is 37.5 Å². The molecule has 10 nitrogen and oxygen atoms in total. The van der Waals surface area contributed by atoms with Crippen molar-refractivity contribution in [3.8, 4) is 5.69 Å². The van der Waals surface area contributed by atoms with E-state index in [0.717, 1.165) is 21.0 Å². The second-order valence-corrected chi connectivity index (χ2v) is 8.05. The molecule has 5 rings (SSSR count). The second-order valence-electron chi connectivity index (χ2n) is 8.05. The minimum Gasteiger partial charge on any atom is -0.370 e. The molecule has 0 aliphatic carbocycles. The summed E-state index contributed by atoms with van der Waals surface area (Å²) < 4.78 is 11.9. The highest BCUT2D eigenvalue weighted by molar-refractivity contribution is 5.89. The Morgan fingerprint density at radius 3 is 2.67 bits per heavy atom. The van der Waals surface area contributed by atoms with Crippen LogP contribution in [0.5, 0.6) is 0 Å². The van der Waals surface area contributed by atoms with Gasteiger partial charge in [-0.15, -0.1) is 5.10 Å². The Morgan fingerprint density at radius 2 is 1.82 bits per heavy atom. The first kappa shape index (κ1) is 20.8. The standard InChI is InChI=1S/C23H23N7O3/c1-15(11-29-14-24-21-20(29)22(31)28(3)23(32)27(21)2)33-13-17-12-30(26-25-17)19-10-6-8-16-7-4-5-9-18(16)19/h4-10,12,14-15H,11,13H2,1-3H3. The Morgan fingerprint density at radius 1 is 1.03 bits per heavy atom. The number of fused-ring (bicyclic) bond motifs is 2.